The van der Waals surface area contributed by atoms with Gasteiger partial charge in [0.15, 0.2) is 6.17 Å². The van der Waals surface area contributed by atoms with E-state index in [0.717, 1.165) is 25.7 Å². The van der Waals surface area contributed by atoms with Crippen molar-refractivity contribution in [1.82, 2.24) is 0 Å². The van der Waals surface area contributed by atoms with Gasteiger partial charge in [-0.05, 0) is 50.4 Å². The molecule has 0 aromatic carbocycles. The Morgan fingerprint density at radius 2 is 1.50 bits per heavy atom. The van der Waals surface area contributed by atoms with Crippen molar-refractivity contribution in [1.29, 1.82) is 0 Å². The van der Waals surface area contributed by atoms with Crippen molar-refractivity contribution < 1.29 is 22.6 Å². The van der Waals surface area contributed by atoms with Crippen LogP contribution in [0.3, 0.4) is 0 Å². The Morgan fingerprint density at radius 1 is 0.731 bits per heavy atom. The van der Waals surface area contributed by atoms with E-state index >= 15 is 0 Å². The fourth-order valence-corrected chi connectivity index (χ4v) is 4.53. The molecule has 0 aliphatic heterocycles. The molecule has 0 heterocycles. The monoisotopic (exact) mass is 378 g/mol. The summed E-state index contributed by atoms with van der Waals surface area (Å²) >= 11 is 0. The summed E-state index contributed by atoms with van der Waals surface area (Å²) in [5, 5.41) is 0. The minimum Gasteiger partial charge on any atom is -0.378 e. The normalized spacial score (nSPS) is 38.4. The smallest absolute Gasteiger partial charge is 0.157 e. The molecule has 0 N–H and O–H groups in total. The maximum Gasteiger partial charge on any atom is 0.157 e. The van der Waals surface area contributed by atoms with Crippen molar-refractivity contribution in [3.8, 4) is 0 Å². The van der Waals surface area contributed by atoms with Crippen molar-refractivity contribution in [2.24, 2.45) is 11.8 Å². The van der Waals surface area contributed by atoms with Gasteiger partial charge in [-0.25, -0.2) is 13.2 Å². The van der Waals surface area contributed by atoms with E-state index in [2.05, 4.69) is 6.92 Å². The first-order valence-electron chi connectivity index (χ1n) is 10.7. The van der Waals surface area contributed by atoms with Gasteiger partial charge in [-0.3, -0.25) is 0 Å². The molecule has 2 fully saturated rings. The summed E-state index contributed by atoms with van der Waals surface area (Å²) in [4.78, 5) is 0. The fourth-order valence-electron chi connectivity index (χ4n) is 4.53. The Hall–Kier alpha value is -0.290. The first-order chi connectivity index (χ1) is 12.6. The largest absolute Gasteiger partial charge is 0.378 e. The molecule has 154 valence electrons. The number of alkyl halides is 3. The van der Waals surface area contributed by atoms with Crippen molar-refractivity contribution in [2.45, 2.75) is 109 Å². The quantitative estimate of drug-likeness (QED) is 0.436. The summed E-state index contributed by atoms with van der Waals surface area (Å²) in [5.41, 5.74) is 0. The van der Waals surface area contributed by atoms with Crippen LogP contribution in [0, 0.1) is 11.8 Å². The highest BCUT2D eigenvalue weighted by Gasteiger charge is 2.47. The predicted molar refractivity (Wildman–Crippen MR) is 98.7 cm³/mol. The molecule has 2 saturated carbocycles. The van der Waals surface area contributed by atoms with E-state index in [1.807, 2.05) is 6.92 Å². The molecule has 0 aromatic rings. The van der Waals surface area contributed by atoms with Gasteiger partial charge in [0, 0.05) is 19.6 Å². The summed E-state index contributed by atoms with van der Waals surface area (Å²) < 4.78 is 55.0. The van der Waals surface area contributed by atoms with Crippen LogP contribution in [0.15, 0.2) is 0 Å². The molecule has 7 atom stereocenters. The van der Waals surface area contributed by atoms with Crippen LogP contribution in [-0.2, 0) is 9.47 Å². The van der Waals surface area contributed by atoms with Gasteiger partial charge < -0.3 is 9.47 Å². The zero-order valence-electron chi connectivity index (χ0n) is 16.5. The molecule has 2 aliphatic carbocycles. The Kier molecular flexibility index (Phi) is 9.76. The lowest BCUT2D eigenvalue weighted by molar-refractivity contribution is -0.102. The van der Waals surface area contributed by atoms with Crippen molar-refractivity contribution in [3.05, 3.63) is 0 Å². The lowest BCUT2D eigenvalue weighted by Gasteiger charge is -2.42. The first-order valence-corrected chi connectivity index (χ1v) is 10.7. The van der Waals surface area contributed by atoms with Crippen LogP contribution >= 0.6 is 0 Å². The second kappa shape index (κ2) is 11.5. The Balaban J connectivity index is 1.76. The molecule has 0 aromatic heterocycles. The molecule has 26 heavy (non-hydrogen) atoms. The Bertz CT molecular complexity index is 382. The zero-order valence-corrected chi connectivity index (χ0v) is 16.5. The number of rotatable bonds is 10. The standard InChI is InChI=1S/C21H37F3O2/c1-3-5-6-7-13-25-15-8-9-16(18(22)14-15)17-10-11-19(26-12-4-2)21(24)20(17)23/h15-21H,3-14H2,1-2H3. The molecule has 2 rings (SSSR count). The van der Waals surface area contributed by atoms with Crippen molar-refractivity contribution in [3.63, 3.8) is 0 Å². The molecule has 5 heteroatoms. The van der Waals surface area contributed by atoms with Gasteiger partial charge in [0.1, 0.15) is 12.3 Å². The molecule has 0 amide bonds. The van der Waals surface area contributed by atoms with Crippen LogP contribution in [0.4, 0.5) is 13.2 Å². The molecule has 0 bridgehead atoms. The van der Waals surface area contributed by atoms with Gasteiger partial charge in [-0.1, -0.05) is 33.1 Å². The summed E-state index contributed by atoms with van der Waals surface area (Å²) in [6.07, 6.45) is 2.98. The molecule has 0 radical (unpaired) electrons. The predicted octanol–water partition coefficient (Wildman–Crippen LogP) is 5.97. The highest BCUT2D eigenvalue weighted by atomic mass is 19.2. The van der Waals surface area contributed by atoms with Crippen LogP contribution in [0.2, 0.25) is 0 Å². The number of hydrogen-bond donors (Lipinski definition) is 0. The third-order valence-electron chi connectivity index (χ3n) is 6.06. The summed E-state index contributed by atoms with van der Waals surface area (Å²) in [7, 11) is 0. The van der Waals surface area contributed by atoms with Crippen LogP contribution in [0.5, 0.6) is 0 Å². The number of halogens is 3. The second-order valence-electron chi connectivity index (χ2n) is 8.09. The van der Waals surface area contributed by atoms with E-state index in [0.29, 0.717) is 38.9 Å². The molecule has 0 saturated heterocycles. The third-order valence-corrected chi connectivity index (χ3v) is 6.06. The van der Waals surface area contributed by atoms with Crippen LogP contribution in [0.25, 0.3) is 0 Å². The first kappa shape index (κ1) is 22.0. The van der Waals surface area contributed by atoms with E-state index < -0.39 is 30.5 Å². The number of ether oxygens (including phenoxy) is 2. The number of hydrogen-bond acceptors (Lipinski definition) is 2. The summed E-state index contributed by atoms with van der Waals surface area (Å²) in [5.74, 6) is -0.901. The fraction of sp³-hybridized carbons (Fsp3) is 1.00. The minimum absolute atomic E-state index is 0.0636. The molecular weight excluding hydrogens is 341 g/mol. The average molecular weight is 379 g/mol. The molecule has 2 nitrogen and oxygen atoms in total. The molecule has 7 unspecified atom stereocenters. The van der Waals surface area contributed by atoms with E-state index in [9.17, 15) is 13.2 Å². The molecule has 0 spiro atoms. The van der Waals surface area contributed by atoms with Gasteiger partial charge in [0.05, 0.1) is 12.2 Å². The van der Waals surface area contributed by atoms with E-state index in [1.54, 1.807) is 0 Å². The van der Waals surface area contributed by atoms with Crippen molar-refractivity contribution >= 4 is 0 Å². The minimum atomic E-state index is -1.62. The van der Waals surface area contributed by atoms with E-state index in [1.165, 1.54) is 12.8 Å². The van der Waals surface area contributed by atoms with Gasteiger partial charge in [0.2, 0.25) is 0 Å². The topological polar surface area (TPSA) is 18.5 Å². The van der Waals surface area contributed by atoms with E-state index in [4.69, 9.17) is 9.47 Å². The van der Waals surface area contributed by atoms with Crippen molar-refractivity contribution in [2.75, 3.05) is 13.2 Å². The highest BCUT2D eigenvalue weighted by Crippen LogP contribution is 2.43. The number of unbranched alkanes of at least 4 members (excludes halogenated alkanes) is 3. The maximum atomic E-state index is 14.7. The van der Waals surface area contributed by atoms with Gasteiger partial charge in [-0.15, -0.1) is 0 Å². The third kappa shape index (κ3) is 6.12. The van der Waals surface area contributed by atoms with Gasteiger partial charge in [-0.2, -0.15) is 0 Å². The zero-order chi connectivity index (χ0) is 18.9. The SMILES string of the molecule is CCCCCCOC1CCC(C2CCC(OCCC)C(F)C2F)C(F)C1. The maximum absolute atomic E-state index is 14.7. The van der Waals surface area contributed by atoms with E-state index in [-0.39, 0.29) is 12.0 Å². The highest BCUT2D eigenvalue weighted by molar-refractivity contribution is 4.95. The second-order valence-corrected chi connectivity index (χ2v) is 8.09. The average Bonchev–Trinajstić information content (AvgIpc) is 2.63. The lowest BCUT2D eigenvalue weighted by Crippen LogP contribution is -2.48. The summed E-state index contributed by atoms with van der Waals surface area (Å²) in [6.45, 7) is 5.25. The summed E-state index contributed by atoms with van der Waals surface area (Å²) in [6, 6.07) is 0. The Labute approximate surface area is 157 Å². The van der Waals surface area contributed by atoms with Gasteiger partial charge in [0.25, 0.3) is 0 Å². The molecular formula is C21H37F3O2. The van der Waals surface area contributed by atoms with Crippen LogP contribution < -0.4 is 0 Å². The lowest BCUT2D eigenvalue weighted by atomic mass is 9.70. The molecule has 2 aliphatic rings. The van der Waals surface area contributed by atoms with Gasteiger partial charge >= 0.3 is 0 Å². The van der Waals surface area contributed by atoms with Crippen LogP contribution in [-0.4, -0.2) is 43.9 Å². The Morgan fingerprint density at radius 3 is 2.19 bits per heavy atom. The van der Waals surface area contributed by atoms with Crippen LogP contribution in [0.1, 0.15) is 78.1 Å².